The van der Waals surface area contributed by atoms with Gasteiger partial charge in [0.2, 0.25) is 11.8 Å². The lowest BCUT2D eigenvalue weighted by Crippen LogP contribution is -2.52. The number of nitrogens with zero attached hydrogens (tertiary/aromatic N) is 2. The minimum atomic E-state index is -4.19. The number of benzene rings is 3. The Kier molecular flexibility index (Phi) is 10.2. The van der Waals surface area contributed by atoms with Crippen molar-refractivity contribution in [1.82, 2.24) is 10.2 Å². The van der Waals surface area contributed by atoms with Crippen molar-refractivity contribution in [3.63, 3.8) is 0 Å². The summed E-state index contributed by atoms with van der Waals surface area (Å²) in [6, 6.07) is 18.1. The van der Waals surface area contributed by atoms with E-state index in [-0.39, 0.29) is 34.1 Å². The SMILES string of the molecule is COc1ccc(N(CC(=O)N(Cc2ccc(Cl)cc2)C(C)C(=O)NC(C)C)S(=O)(=O)c2ccccc2)cc1Cl. The van der Waals surface area contributed by atoms with Crippen molar-refractivity contribution in [3.8, 4) is 5.75 Å². The summed E-state index contributed by atoms with van der Waals surface area (Å²) in [6.07, 6.45) is 0. The number of carbonyl (C=O) groups excluding carboxylic acids is 2. The number of anilines is 1. The smallest absolute Gasteiger partial charge is 0.264 e. The lowest BCUT2D eigenvalue weighted by atomic mass is 10.1. The molecule has 208 valence electrons. The van der Waals surface area contributed by atoms with Gasteiger partial charge in [-0.25, -0.2) is 8.42 Å². The molecule has 0 aliphatic heterocycles. The van der Waals surface area contributed by atoms with Crippen LogP contribution in [0.2, 0.25) is 10.0 Å². The van der Waals surface area contributed by atoms with Crippen LogP contribution in [-0.2, 0) is 26.2 Å². The number of ether oxygens (including phenoxy) is 1. The zero-order chi connectivity index (χ0) is 28.7. The van der Waals surface area contributed by atoms with Crippen LogP contribution in [0.1, 0.15) is 26.3 Å². The summed E-state index contributed by atoms with van der Waals surface area (Å²) >= 11 is 12.3. The van der Waals surface area contributed by atoms with E-state index in [9.17, 15) is 18.0 Å². The maximum absolute atomic E-state index is 13.9. The van der Waals surface area contributed by atoms with Gasteiger partial charge in [0.1, 0.15) is 18.3 Å². The van der Waals surface area contributed by atoms with Crippen molar-refractivity contribution in [1.29, 1.82) is 0 Å². The summed E-state index contributed by atoms with van der Waals surface area (Å²) in [4.78, 5) is 28.2. The number of halogens is 2. The minimum Gasteiger partial charge on any atom is -0.495 e. The number of carbonyl (C=O) groups is 2. The van der Waals surface area contributed by atoms with Gasteiger partial charge in [-0.3, -0.25) is 13.9 Å². The van der Waals surface area contributed by atoms with Crippen LogP contribution < -0.4 is 14.4 Å². The second-order valence-corrected chi connectivity index (χ2v) is 11.8. The van der Waals surface area contributed by atoms with E-state index in [0.717, 1.165) is 9.87 Å². The number of hydrogen-bond acceptors (Lipinski definition) is 5. The van der Waals surface area contributed by atoms with Crippen molar-refractivity contribution in [2.75, 3.05) is 18.0 Å². The third-order valence-corrected chi connectivity index (χ3v) is 8.23. The van der Waals surface area contributed by atoms with Gasteiger partial charge in [0.15, 0.2) is 0 Å². The molecule has 1 N–H and O–H groups in total. The molecule has 0 saturated heterocycles. The van der Waals surface area contributed by atoms with Gasteiger partial charge in [0.25, 0.3) is 10.0 Å². The number of methoxy groups -OCH3 is 1. The maximum atomic E-state index is 13.9. The van der Waals surface area contributed by atoms with Crippen LogP contribution in [0.4, 0.5) is 5.69 Å². The number of hydrogen-bond donors (Lipinski definition) is 1. The molecule has 3 aromatic carbocycles. The summed E-state index contributed by atoms with van der Waals surface area (Å²) in [7, 11) is -2.75. The van der Waals surface area contributed by atoms with E-state index in [2.05, 4.69) is 5.32 Å². The molecule has 3 rings (SSSR count). The van der Waals surface area contributed by atoms with Gasteiger partial charge in [-0.2, -0.15) is 0 Å². The first-order chi connectivity index (χ1) is 18.4. The Labute approximate surface area is 239 Å². The lowest BCUT2D eigenvalue weighted by Gasteiger charge is -2.32. The van der Waals surface area contributed by atoms with Crippen LogP contribution in [0.3, 0.4) is 0 Å². The highest BCUT2D eigenvalue weighted by Gasteiger charge is 2.33. The Morgan fingerprint density at radius 1 is 0.949 bits per heavy atom. The van der Waals surface area contributed by atoms with Crippen LogP contribution in [0.15, 0.2) is 77.7 Å². The molecule has 0 saturated carbocycles. The van der Waals surface area contributed by atoms with Crippen molar-refractivity contribution in [2.24, 2.45) is 0 Å². The van der Waals surface area contributed by atoms with Crippen molar-refractivity contribution in [3.05, 3.63) is 88.4 Å². The molecule has 0 bridgehead atoms. The number of rotatable bonds is 11. The second-order valence-electron chi connectivity index (χ2n) is 9.13. The van der Waals surface area contributed by atoms with E-state index >= 15 is 0 Å². The van der Waals surface area contributed by atoms with Crippen molar-refractivity contribution in [2.45, 2.75) is 44.3 Å². The van der Waals surface area contributed by atoms with Crippen LogP contribution in [0.5, 0.6) is 5.75 Å². The molecule has 0 fully saturated rings. The molecule has 0 aliphatic rings. The summed E-state index contributed by atoms with van der Waals surface area (Å²) in [5.74, 6) is -0.591. The van der Waals surface area contributed by atoms with E-state index in [0.29, 0.717) is 10.8 Å². The molecule has 0 radical (unpaired) electrons. The first-order valence-electron chi connectivity index (χ1n) is 12.2. The minimum absolute atomic E-state index is 0.000379. The highest BCUT2D eigenvalue weighted by Crippen LogP contribution is 2.32. The standard InChI is InChI=1S/C28H31Cl2N3O5S/c1-19(2)31-28(35)20(3)32(17-21-10-12-22(29)13-11-21)27(34)18-33(23-14-15-26(38-4)25(30)16-23)39(36,37)24-8-6-5-7-9-24/h5-16,19-20H,17-18H2,1-4H3,(H,31,35). The van der Waals surface area contributed by atoms with Gasteiger partial charge in [-0.15, -0.1) is 0 Å². The predicted molar refractivity (Wildman–Crippen MR) is 154 cm³/mol. The molecular formula is C28H31Cl2N3O5S. The molecule has 0 aliphatic carbocycles. The van der Waals surface area contributed by atoms with Gasteiger partial charge < -0.3 is 15.0 Å². The molecule has 1 atom stereocenters. The molecule has 1 unspecified atom stereocenters. The van der Waals surface area contributed by atoms with Gasteiger partial charge in [-0.05, 0) is 68.8 Å². The zero-order valence-electron chi connectivity index (χ0n) is 22.1. The monoisotopic (exact) mass is 591 g/mol. The zero-order valence-corrected chi connectivity index (χ0v) is 24.4. The molecular weight excluding hydrogens is 561 g/mol. The number of amides is 2. The fourth-order valence-corrected chi connectivity index (χ4v) is 5.64. The summed E-state index contributed by atoms with van der Waals surface area (Å²) in [6.45, 7) is 4.72. The van der Waals surface area contributed by atoms with Gasteiger partial charge >= 0.3 is 0 Å². The normalized spacial score (nSPS) is 12.1. The highest BCUT2D eigenvalue weighted by molar-refractivity contribution is 7.92. The topological polar surface area (TPSA) is 96.0 Å². The van der Waals surface area contributed by atoms with E-state index in [1.54, 1.807) is 49.4 Å². The largest absolute Gasteiger partial charge is 0.495 e. The first-order valence-corrected chi connectivity index (χ1v) is 14.4. The summed E-state index contributed by atoms with van der Waals surface area (Å²) in [5, 5.41) is 3.52. The Bertz CT molecular complexity index is 1400. The van der Waals surface area contributed by atoms with Gasteiger partial charge in [-0.1, -0.05) is 53.5 Å². The number of nitrogens with one attached hydrogen (secondary N) is 1. The fraction of sp³-hybridized carbons (Fsp3) is 0.286. The first kappa shape index (κ1) is 30.3. The van der Waals surface area contributed by atoms with Crippen molar-refractivity contribution < 1.29 is 22.7 Å². The van der Waals surface area contributed by atoms with Crippen LogP contribution >= 0.6 is 23.2 Å². The number of sulfonamides is 1. The molecule has 3 aromatic rings. The molecule has 8 nitrogen and oxygen atoms in total. The van der Waals surface area contributed by atoms with E-state index in [1.807, 2.05) is 13.8 Å². The second kappa shape index (κ2) is 13.2. The van der Waals surface area contributed by atoms with Crippen molar-refractivity contribution >= 4 is 50.7 Å². The average molecular weight is 593 g/mol. The van der Waals surface area contributed by atoms with Crippen LogP contribution in [0.25, 0.3) is 0 Å². The van der Waals surface area contributed by atoms with E-state index in [4.69, 9.17) is 27.9 Å². The molecule has 39 heavy (non-hydrogen) atoms. The van der Waals surface area contributed by atoms with E-state index < -0.39 is 28.5 Å². The highest BCUT2D eigenvalue weighted by atomic mass is 35.5. The molecule has 0 spiro atoms. The third kappa shape index (κ3) is 7.65. The van der Waals surface area contributed by atoms with Crippen LogP contribution in [-0.4, -0.2) is 50.9 Å². The summed E-state index contributed by atoms with van der Waals surface area (Å²) < 4.78 is 33.8. The lowest BCUT2D eigenvalue weighted by molar-refractivity contribution is -0.139. The summed E-state index contributed by atoms with van der Waals surface area (Å²) in [5.41, 5.74) is 0.894. The Morgan fingerprint density at radius 2 is 1.59 bits per heavy atom. The Balaban J connectivity index is 2.05. The molecule has 0 aromatic heterocycles. The average Bonchev–Trinajstić information content (AvgIpc) is 2.90. The fourth-order valence-electron chi connectivity index (χ4n) is 3.83. The molecule has 0 heterocycles. The van der Waals surface area contributed by atoms with Crippen LogP contribution in [0, 0.1) is 0 Å². The van der Waals surface area contributed by atoms with E-state index in [1.165, 1.54) is 42.3 Å². The predicted octanol–water partition coefficient (Wildman–Crippen LogP) is 5.14. The maximum Gasteiger partial charge on any atom is 0.264 e. The van der Waals surface area contributed by atoms with Gasteiger partial charge in [0, 0.05) is 17.6 Å². The Hall–Kier alpha value is -3.27. The third-order valence-electron chi connectivity index (χ3n) is 5.90. The molecule has 2 amide bonds. The molecule has 11 heteroatoms. The Morgan fingerprint density at radius 3 is 2.15 bits per heavy atom. The quantitative estimate of drug-likeness (QED) is 0.333. The van der Waals surface area contributed by atoms with Gasteiger partial charge in [0.05, 0.1) is 22.7 Å².